The maximum absolute atomic E-state index is 10.6. The fraction of sp³-hybridized carbons (Fsp3) is 0.0667. The van der Waals surface area contributed by atoms with Gasteiger partial charge in [0.05, 0.1) is 28.5 Å². The Labute approximate surface area is 228 Å². The van der Waals surface area contributed by atoms with Crippen LogP contribution in [0.2, 0.25) is 0 Å². The van der Waals surface area contributed by atoms with E-state index in [0.29, 0.717) is 23.6 Å². The van der Waals surface area contributed by atoms with Gasteiger partial charge in [0.25, 0.3) is 0 Å². The summed E-state index contributed by atoms with van der Waals surface area (Å²) in [4.78, 5) is 26.0. The van der Waals surface area contributed by atoms with Crippen molar-refractivity contribution in [3.8, 4) is 33.9 Å². The molecule has 4 N–H and O–H groups in total. The van der Waals surface area contributed by atoms with Gasteiger partial charge in [-0.05, 0) is 35.9 Å². The first-order valence-electron chi connectivity index (χ1n) is 12.7. The van der Waals surface area contributed by atoms with E-state index in [1.165, 1.54) is 0 Å². The number of nitrogens with zero attached hydrogens (tertiary/aromatic N) is 6. The van der Waals surface area contributed by atoms with Crippen molar-refractivity contribution in [1.29, 1.82) is 0 Å². The second-order valence-corrected chi connectivity index (χ2v) is 9.39. The minimum absolute atomic E-state index is 0.479. The number of aliphatic hydroxyl groups excluding tert-OH is 1. The summed E-state index contributed by atoms with van der Waals surface area (Å²) in [5.74, 6) is 0.632. The normalized spacial score (nSPS) is 12.1. The number of aromatic amines is 2. The lowest BCUT2D eigenvalue weighted by Crippen LogP contribution is -2.21. The van der Waals surface area contributed by atoms with Gasteiger partial charge in [0, 0.05) is 54.1 Å². The molecule has 7 aromatic rings. The average molecular weight is 526 g/mol. The van der Waals surface area contributed by atoms with Crippen LogP contribution in [0.1, 0.15) is 5.56 Å². The number of aliphatic hydroxyl groups is 1. The van der Waals surface area contributed by atoms with Crippen LogP contribution in [0.4, 0.5) is 5.69 Å². The lowest BCUT2D eigenvalue weighted by molar-refractivity contribution is 0.204. The van der Waals surface area contributed by atoms with E-state index in [4.69, 9.17) is 4.98 Å². The fourth-order valence-electron chi connectivity index (χ4n) is 4.76. The molecule has 1 atom stereocenters. The van der Waals surface area contributed by atoms with E-state index in [-0.39, 0.29) is 0 Å². The molecule has 6 heterocycles. The van der Waals surface area contributed by atoms with Gasteiger partial charge >= 0.3 is 0 Å². The van der Waals surface area contributed by atoms with Gasteiger partial charge in [0.15, 0.2) is 11.5 Å². The van der Waals surface area contributed by atoms with E-state index in [2.05, 4.69) is 40.4 Å². The third kappa shape index (κ3) is 4.52. The molecular weight excluding hydrogens is 502 g/mol. The van der Waals surface area contributed by atoms with E-state index in [9.17, 15) is 5.11 Å². The molecule has 0 aliphatic carbocycles. The summed E-state index contributed by atoms with van der Waals surface area (Å²) in [6.07, 6.45) is 10.2. The van der Waals surface area contributed by atoms with Crippen LogP contribution >= 0.6 is 0 Å². The zero-order valence-electron chi connectivity index (χ0n) is 21.2. The highest BCUT2D eigenvalue weighted by molar-refractivity contribution is 5.96. The Kier molecular flexibility index (Phi) is 5.91. The maximum Gasteiger partial charge on any atom is 0.181 e. The molecule has 0 spiro atoms. The Morgan fingerprint density at radius 3 is 2.58 bits per heavy atom. The Balaban J connectivity index is 1.21. The largest absolute Gasteiger partial charge is 0.373 e. The standard InChI is InChI=1S/C30H23N9O/c40-25(11-18-5-2-1-3-6-18)35-22-12-20(15-32-17-22)21-13-23-27(38-39-29(23)34-16-21)30-36-24-8-10-33-26(28(24)37-30)19-7-4-9-31-14-19/h1-10,12-17,25,35,40H,11H2,(H,36,37)(H,34,38,39). The predicted octanol–water partition coefficient (Wildman–Crippen LogP) is 4.99. The Hall–Kier alpha value is -5.48. The number of hydrogen-bond donors (Lipinski definition) is 4. The minimum Gasteiger partial charge on any atom is -0.373 e. The molecule has 0 saturated heterocycles. The molecule has 1 unspecified atom stereocenters. The molecule has 0 amide bonds. The first-order chi connectivity index (χ1) is 19.7. The smallest absolute Gasteiger partial charge is 0.181 e. The van der Waals surface area contributed by atoms with Gasteiger partial charge in [-0.15, -0.1) is 0 Å². The lowest BCUT2D eigenvalue weighted by atomic mass is 10.1. The molecule has 1 aromatic carbocycles. The molecule has 0 bridgehead atoms. The van der Waals surface area contributed by atoms with Crippen LogP contribution in [-0.2, 0) is 6.42 Å². The second-order valence-electron chi connectivity index (χ2n) is 9.39. The molecule has 6 aromatic heterocycles. The van der Waals surface area contributed by atoms with Gasteiger partial charge in [-0.3, -0.25) is 20.1 Å². The number of hydrogen-bond acceptors (Lipinski definition) is 8. The van der Waals surface area contributed by atoms with Crippen molar-refractivity contribution in [1.82, 2.24) is 40.1 Å². The van der Waals surface area contributed by atoms with Crippen LogP contribution in [0, 0.1) is 0 Å². The summed E-state index contributed by atoms with van der Waals surface area (Å²) >= 11 is 0. The van der Waals surface area contributed by atoms with Crippen molar-refractivity contribution in [2.24, 2.45) is 0 Å². The monoisotopic (exact) mass is 525 g/mol. The zero-order valence-corrected chi connectivity index (χ0v) is 21.2. The summed E-state index contributed by atoms with van der Waals surface area (Å²) in [5.41, 5.74) is 8.00. The molecule has 0 aliphatic heterocycles. The zero-order chi connectivity index (χ0) is 26.9. The number of fused-ring (bicyclic) bond motifs is 2. The molecule has 10 heteroatoms. The van der Waals surface area contributed by atoms with Crippen molar-refractivity contribution < 1.29 is 5.11 Å². The quantitative estimate of drug-likeness (QED) is 0.213. The number of benzene rings is 1. The molecule has 0 saturated carbocycles. The van der Waals surface area contributed by atoms with Crippen molar-refractivity contribution >= 4 is 27.8 Å². The number of H-pyrrole nitrogens is 2. The fourth-order valence-corrected chi connectivity index (χ4v) is 4.76. The number of pyridine rings is 4. The second kappa shape index (κ2) is 10.0. The van der Waals surface area contributed by atoms with Gasteiger partial charge in [-0.25, -0.2) is 9.97 Å². The Morgan fingerprint density at radius 1 is 0.825 bits per heavy atom. The van der Waals surface area contributed by atoms with Crippen molar-refractivity contribution in [2.75, 3.05) is 5.32 Å². The van der Waals surface area contributed by atoms with E-state index in [1.807, 2.05) is 60.7 Å². The van der Waals surface area contributed by atoms with E-state index in [1.54, 1.807) is 37.2 Å². The number of rotatable bonds is 7. The lowest BCUT2D eigenvalue weighted by Gasteiger charge is -2.14. The van der Waals surface area contributed by atoms with Crippen molar-refractivity contribution in [3.63, 3.8) is 0 Å². The minimum atomic E-state index is -0.750. The van der Waals surface area contributed by atoms with Crippen LogP contribution in [0.25, 0.3) is 56.0 Å². The van der Waals surface area contributed by atoms with Gasteiger partial charge in [-0.2, -0.15) is 5.10 Å². The van der Waals surface area contributed by atoms with E-state index >= 15 is 0 Å². The van der Waals surface area contributed by atoms with E-state index in [0.717, 1.165) is 50.1 Å². The molecular formula is C30H23N9O. The first-order valence-corrected chi connectivity index (χ1v) is 12.7. The summed E-state index contributed by atoms with van der Waals surface area (Å²) < 4.78 is 0. The SMILES string of the molecule is OC(Cc1ccccc1)Nc1cncc(-c2cnc3n[nH]c(-c4nc5c(-c6cccnc6)nccc5[nH]4)c3c2)c1. The molecule has 10 nitrogen and oxygen atoms in total. The highest BCUT2D eigenvalue weighted by Gasteiger charge is 2.17. The van der Waals surface area contributed by atoms with Crippen LogP contribution in [0.3, 0.4) is 0 Å². The van der Waals surface area contributed by atoms with Gasteiger partial charge in [0.2, 0.25) is 0 Å². The summed E-state index contributed by atoms with van der Waals surface area (Å²) in [5, 5.41) is 22.0. The molecule has 0 aliphatic rings. The van der Waals surface area contributed by atoms with E-state index < -0.39 is 6.23 Å². The first kappa shape index (κ1) is 23.6. The summed E-state index contributed by atoms with van der Waals surface area (Å²) in [6, 6.07) is 19.5. The molecule has 40 heavy (non-hydrogen) atoms. The van der Waals surface area contributed by atoms with Crippen molar-refractivity contribution in [3.05, 3.63) is 103 Å². The molecule has 194 valence electrons. The molecule has 0 radical (unpaired) electrons. The third-order valence-corrected chi connectivity index (χ3v) is 6.66. The third-order valence-electron chi connectivity index (χ3n) is 6.66. The van der Waals surface area contributed by atoms with Gasteiger partial charge in [-0.1, -0.05) is 30.3 Å². The number of anilines is 1. The summed E-state index contributed by atoms with van der Waals surface area (Å²) in [7, 11) is 0. The van der Waals surface area contributed by atoms with Crippen LogP contribution in [-0.4, -0.2) is 51.4 Å². The average Bonchev–Trinajstić information content (AvgIpc) is 3.62. The van der Waals surface area contributed by atoms with Gasteiger partial charge in [0.1, 0.15) is 17.4 Å². The van der Waals surface area contributed by atoms with Gasteiger partial charge < -0.3 is 15.4 Å². The van der Waals surface area contributed by atoms with Crippen molar-refractivity contribution in [2.45, 2.75) is 12.6 Å². The predicted molar refractivity (Wildman–Crippen MR) is 153 cm³/mol. The Bertz CT molecular complexity index is 1930. The van der Waals surface area contributed by atoms with Crippen LogP contribution in [0.15, 0.2) is 97.8 Å². The summed E-state index contributed by atoms with van der Waals surface area (Å²) in [6.45, 7) is 0. The van der Waals surface area contributed by atoms with Crippen LogP contribution in [0.5, 0.6) is 0 Å². The highest BCUT2D eigenvalue weighted by atomic mass is 16.3. The molecule has 7 rings (SSSR count). The highest BCUT2D eigenvalue weighted by Crippen LogP contribution is 2.31. The number of aromatic nitrogens is 8. The molecule has 0 fully saturated rings. The topological polar surface area (TPSA) is 141 Å². The number of nitrogens with one attached hydrogen (secondary N) is 3. The van der Waals surface area contributed by atoms with Crippen LogP contribution < -0.4 is 5.32 Å². The number of imidazole rings is 1. The maximum atomic E-state index is 10.6. The Morgan fingerprint density at radius 2 is 1.70 bits per heavy atom.